The van der Waals surface area contributed by atoms with Gasteiger partial charge in [0.2, 0.25) is 5.78 Å². The van der Waals surface area contributed by atoms with E-state index in [4.69, 9.17) is 0 Å². The van der Waals surface area contributed by atoms with Gasteiger partial charge in [-0.1, -0.05) is 31.9 Å². The minimum absolute atomic E-state index is 0.0354. The van der Waals surface area contributed by atoms with Gasteiger partial charge in [-0.2, -0.15) is 0 Å². The Balaban J connectivity index is 2.47. The van der Waals surface area contributed by atoms with Gasteiger partial charge in [0.15, 0.2) is 0 Å². The van der Waals surface area contributed by atoms with Crippen molar-refractivity contribution in [3.8, 4) is 0 Å². The Morgan fingerprint density at radius 1 is 1.12 bits per heavy atom. The second-order valence-electron chi connectivity index (χ2n) is 3.51. The van der Waals surface area contributed by atoms with Gasteiger partial charge in [-0.05, 0) is 52.7 Å². The summed E-state index contributed by atoms with van der Waals surface area (Å²) in [5.74, 6) is 0.0354. The van der Waals surface area contributed by atoms with Crippen LogP contribution < -0.4 is 0 Å². The predicted octanol–water partition coefficient (Wildman–Crippen LogP) is 5.58. The zero-order valence-corrected chi connectivity index (χ0v) is 14.3. The highest BCUT2D eigenvalue weighted by Crippen LogP contribution is 2.30. The molecular weight excluding hydrogens is 432 g/mol. The molecular formula is C12H7Br3OS. The van der Waals surface area contributed by atoms with E-state index in [0.717, 1.165) is 23.2 Å². The topological polar surface area (TPSA) is 17.1 Å². The van der Waals surface area contributed by atoms with E-state index in [1.807, 2.05) is 31.2 Å². The van der Waals surface area contributed by atoms with Crippen LogP contribution >= 0.6 is 59.1 Å². The molecule has 0 bridgehead atoms. The molecule has 0 aliphatic carbocycles. The van der Waals surface area contributed by atoms with Gasteiger partial charge >= 0.3 is 0 Å². The Labute approximate surface area is 129 Å². The maximum absolute atomic E-state index is 12.3. The third-order valence-corrected chi connectivity index (χ3v) is 5.42. The summed E-state index contributed by atoms with van der Waals surface area (Å²) in [6, 6.07) is 7.52. The van der Waals surface area contributed by atoms with Crippen LogP contribution in [0.1, 0.15) is 20.8 Å². The van der Waals surface area contributed by atoms with Crippen LogP contribution in [-0.2, 0) is 0 Å². The van der Waals surface area contributed by atoms with Gasteiger partial charge in [-0.3, -0.25) is 4.79 Å². The molecule has 17 heavy (non-hydrogen) atoms. The molecule has 2 rings (SSSR count). The minimum atomic E-state index is 0.0354. The predicted molar refractivity (Wildman–Crippen MR) is 82.0 cm³/mol. The molecule has 0 unspecified atom stereocenters. The first-order valence-corrected chi connectivity index (χ1v) is 7.94. The first kappa shape index (κ1) is 13.5. The Morgan fingerprint density at radius 2 is 1.82 bits per heavy atom. The molecule has 1 aromatic carbocycles. The Kier molecular flexibility index (Phi) is 4.23. The quantitative estimate of drug-likeness (QED) is 0.560. The largest absolute Gasteiger partial charge is 0.288 e. The molecule has 0 N–H and O–H groups in total. The van der Waals surface area contributed by atoms with Gasteiger partial charge in [0.1, 0.15) is 0 Å². The molecule has 0 saturated carbocycles. The average Bonchev–Trinajstić information content (AvgIpc) is 2.69. The van der Waals surface area contributed by atoms with Gasteiger partial charge in [0, 0.05) is 14.5 Å². The first-order valence-electron chi connectivity index (χ1n) is 4.74. The lowest BCUT2D eigenvalue weighted by Gasteiger charge is -2.05. The first-order chi connectivity index (χ1) is 7.99. The summed E-state index contributed by atoms with van der Waals surface area (Å²) in [7, 11) is 0. The molecule has 0 aliphatic rings. The molecule has 88 valence electrons. The second kappa shape index (κ2) is 5.34. The number of hydrogen-bond acceptors (Lipinski definition) is 2. The van der Waals surface area contributed by atoms with Crippen molar-refractivity contribution in [1.82, 2.24) is 0 Å². The summed E-state index contributed by atoms with van der Waals surface area (Å²) in [6.45, 7) is 1.99. The molecule has 0 atom stereocenters. The zero-order chi connectivity index (χ0) is 12.6. The van der Waals surface area contributed by atoms with Crippen molar-refractivity contribution in [3.05, 3.63) is 53.0 Å². The fourth-order valence-corrected chi connectivity index (χ4v) is 3.71. The molecule has 5 heteroatoms. The summed E-state index contributed by atoms with van der Waals surface area (Å²) in [5.41, 5.74) is 1.78. The van der Waals surface area contributed by atoms with Crippen LogP contribution in [0.25, 0.3) is 0 Å². The van der Waals surface area contributed by atoms with E-state index in [0.29, 0.717) is 5.56 Å². The van der Waals surface area contributed by atoms with Gasteiger partial charge < -0.3 is 0 Å². The highest BCUT2D eigenvalue weighted by molar-refractivity contribution is 9.11. The van der Waals surface area contributed by atoms with Crippen molar-refractivity contribution in [1.29, 1.82) is 0 Å². The van der Waals surface area contributed by atoms with Crippen molar-refractivity contribution in [2.24, 2.45) is 0 Å². The van der Waals surface area contributed by atoms with Gasteiger partial charge in [0.05, 0.1) is 8.66 Å². The van der Waals surface area contributed by atoms with E-state index < -0.39 is 0 Å². The summed E-state index contributed by atoms with van der Waals surface area (Å²) in [5, 5.41) is 0. The minimum Gasteiger partial charge on any atom is -0.288 e. The Bertz CT molecular complexity index is 589. The average molecular weight is 439 g/mol. The highest BCUT2D eigenvalue weighted by Gasteiger charge is 2.15. The van der Waals surface area contributed by atoms with E-state index in [2.05, 4.69) is 47.8 Å². The summed E-state index contributed by atoms with van der Waals surface area (Å²) >= 11 is 11.7. The number of carbonyl (C=O) groups is 1. The normalized spacial score (nSPS) is 10.6. The van der Waals surface area contributed by atoms with Crippen LogP contribution in [0, 0.1) is 6.92 Å². The zero-order valence-electron chi connectivity index (χ0n) is 8.76. The number of rotatable bonds is 2. The molecule has 0 amide bonds. The van der Waals surface area contributed by atoms with E-state index in [-0.39, 0.29) is 5.78 Å². The fraction of sp³-hybridized carbons (Fsp3) is 0.0833. The monoisotopic (exact) mass is 436 g/mol. The highest BCUT2D eigenvalue weighted by atomic mass is 79.9. The van der Waals surface area contributed by atoms with Gasteiger partial charge in [0.25, 0.3) is 0 Å². The molecule has 2 aromatic rings. The smallest absolute Gasteiger partial charge is 0.204 e. The van der Waals surface area contributed by atoms with Crippen LogP contribution in [-0.4, -0.2) is 5.78 Å². The summed E-state index contributed by atoms with van der Waals surface area (Å²) in [4.78, 5) is 13.0. The SMILES string of the molecule is Cc1cc(Br)c(C(=O)c2ccc(Br)s2)cc1Br. The van der Waals surface area contributed by atoms with Crippen molar-refractivity contribution in [2.45, 2.75) is 6.92 Å². The van der Waals surface area contributed by atoms with Crippen LogP contribution in [0.3, 0.4) is 0 Å². The van der Waals surface area contributed by atoms with E-state index in [1.165, 1.54) is 11.3 Å². The molecule has 1 aromatic heterocycles. The molecule has 0 aliphatic heterocycles. The fourth-order valence-electron chi connectivity index (χ4n) is 1.39. The standard InChI is InChI=1S/C12H7Br3OS/c1-6-4-9(14)7(5-8(6)13)12(16)10-2-3-11(15)17-10/h2-5H,1H3. The Morgan fingerprint density at radius 3 is 2.41 bits per heavy atom. The van der Waals surface area contributed by atoms with Gasteiger partial charge in [-0.25, -0.2) is 0 Å². The number of thiophene rings is 1. The van der Waals surface area contributed by atoms with Crippen molar-refractivity contribution in [2.75, 3.05) is 0 Å². The number of halogens is 3. The molecule has 0 fully saturated rings. The maximum atomic E-state index is 12.3. The number of hydrogen-bond donors (Lipinski definition) is 0. The van der Waals surface area contributed by atoms with Gasteiger partial charge in [-0.15, -0.1) is 11.3 Å². The third kappa shape index (κ3) is 2.89. The molecule has 1 heterocycles. The van der Waals surface area contributed by atoms with Crippen LogP contribution in [0.2, 0.25) is 0 Å². The van der Waals surface area contributed by atoms with Crippen molar-refractivity contribution < 1.29 is 4.79 Å². The number of carbonyl (C=O) groups excluding carboxylic acids is 1. The number of aryl methyl sites for hydroxylation is 1. The summed E-state index contributed by atoms with van der Waals surface area (Å²) in [6.07, 6.45) is 0. The van der Waals surface area contributed by atoms with E-state index in [1.54, 1.807) is 0 Å². The van der Waals surface area contributed by atoms with E-state index in [9.17, 15) is 4.79 Å². The molecule has 1 nitrogen and oxygen atoms in total. The number of benzene rings is 1. The van der Waals surface area contributed by atoms with Crippen LogP contribution in [0.5, 0.6) is 0 Å². The number of ketones is 1. The second-order valence-corrected chi connectivity index (χ2v) is 7.69. The maximum Gasteiger partial charge on any atom is 0.204 e. The van der Waals surface area contributed by atoms with E-state index >= 15 is 0 Å². The lowest BCUT2D eigenvalue weighted by Crippen LogP contribution is -2.00. The van der Waals surface area contributed by atoms with Crippen molar-refractivity contribution in [3.63, 3.8) is 0 Å². The lowest BCUT2D eigenvalue weighted by molar-refractivity contribution is 0.104. The van der Waals surface area contributed by atoms with Crippen LogP contribution in [0.4, 0.5) is 0 Å². The Hall–Kier alpha value is 0.0300. The van der Waals surface area contributed by atoms with Crippen LogP contribution in [0.15, 0.2) is 37.0 Å². The lowest BCUT2D eigenvalue weighted by atomic mass is 10.1. The molecule has 0 radical (unpaired) electrons. The van der Waals surface area contributed by atoms with Crippen molar-refractivity contribution >= 4 is 64.9 Å². The molecule has 0 saturated heterocycles. The third-order valence-electron chi connectivity index (χ3n) is 2.29. The summed E-state index contributed by atoms with van der Waals surface area (Å²) < 4.78 is 2.73. The molecule has 0 spiro atoms.